The minimum absolute atomic E-state index is 0.284. The van der Waals surface area contributed by atoms with Gasteiger partial charge in [-0.25, -0.2) is 4.39 Å². The minimum Gasteiger partial charge on any atom is -0.386 e. The molecule has 0 saturated carbocycles. The lowest BCUT2D eigenvalue weighted by molar-refractivity contribution is 0.0954. The summed E-state index contributed by atoms with van der Waals surface area (Å²) in [6, 6.07) is 14.4. The van der Waals surface area contributed by atoms with Gasteiger partial charge in [0.05, 0.1) is 0 Å². The van der Waals surface area contributed by atoms with Gasteiger partial charge in [-0.3, -0.25) is 9.79 Å². The van der Waals surface area contributed by atoms with Crippen LogP contribution in [0.1, 0.15) is 26.9 Å². The Morgan fingerprint density at radius 3 is 2.63 bits per heavy atom. The number of fused-ring (bicyclic) bond motifs is 1. The molecule has 0 aliphatic carbocycles. The Kier molecular flexibility index (Phi) is 7.37. The van der Waals surface area contributed by atoms with Crippen molar-refractivity contribution >= 4 is 33.3 Å². The standard InChI is InChI=1S/C22H25FN4O2S/c1-14-7-8-16(11-17(14)23)21(29)25-9-10-26-22(24-2)27-13-18(28)20-12-15-5-3-4-6-19(15)30-20/h3-8,11-12,18,28H,9-10,13H2,1-2H3,(H,25,29)(H2,24,26,27). The highest BCUT2D eigenvalue weighted by molar-refractivity contribution is 7.19. The van der Waals surface area contributed by atoms with Crippen molar-refractivity contribution in [3.8, 4) is 0 Å². The largest absolute Gasteiger partial charge is 0.386 e. The van der Waals surface area contributed by atoms with Crippen molar-refractivity contribution in [1.29, 1.82) is 0 Å². The molecule has 1 aromatic heterocycles. The van der Waals surface area contributed by atoms with Gasteiger partial charge in [0.25, 0.3) is 5.91 Å². The van der Waals surface area contributed by atoms with Crippen LogP contribution < -0.4 is 16.0 Å². The summed E-state index contributed by atoms with van der Waals surface area (Å²) in [6.07, 6.45) is -0.655. The summed E-state index contributed by atoms with van der Waals surface area (Å²) in [5.41, 5.74) is 0.785. The Hall–Kier alpha value is -2.97. The second kappa shape index (κ2) is 10.2. The Bertz CT molecular complexity index is 1020. The Labute approximate surface area is 178 Å². The first-order chi connectivity index (χ1) is 14.5. The molecular weight excluding hydrogens is 403 g/mol. The van der Waals surface area contributed by atoms with Gasteiger partial charge >= 0.3 is 0 Å². The average Bonchev–Trinajstić information content (AvgIpc) is 3.19. The Morgan fingerprint density at radius 1 is 1.13 bits per heavy atom. The van der Waals surface area contributed by atoms with Crippen LogP contribution in [-0.2, 0) is 0 Å². The fourth-order valence-electron chi connectivity index (χ4n) is 2.87. The summed E-state index contributed by atoms with van der Waals surface area (Å²) < 4.78 is 14.7. The van der Waals surface area contributed by atoms with E-state index in [9.17, 15) is 14.3 Å². The average molecular weight is 429 g/mol. The van der Waals surface area contributed by atoms with Crippen molar-refractivity contribution in [2.24, 2.45) is 4.99 Å². The number of carbonyl (C=O) groups is 1. The summed E-state index contributed by atoms with van der Waals surface area (Å²) in [5, 5.41) is 20.5. The van der Waals surface area contributed by atoms with Crippen LogP contribution in [0.2, 0.25) is 0 Å². The van der Waals surface area contributed by atoms with E-state index in [0.29, 0.717) is 31.2 Å². The Morgan fingerprint density at radius 2 is 1.90 bits per heavy atom. The quantitative estimate of drug-likeness (QED) is 0.265. The maximum absolute atomic E-state index is 13.6. The molecule has 4 N–H and O–H groups in total. The molecule has 3 rings (SSSR count). The lowest BCUT2D eigenvalue weighted by atomic mass is 10.1. The molecule has 1 atom stereocenters. The lowest BCUT2D eigenvalue weighted by Crippen LogP contribution is -2.42. The highest BCUT2D eigenvalue weighted by atomic mass is 32.1. The number of hydrogen-bond acceptors (Lipinski definition) is 4. The second-order valence-corrected chi connectivity index (χ2v) is 7.92. The van der Waals surface area contributed by atoms with Crippen LogP contribution in [0.15, 0.2) is 53.5 Å². The molecule has 3 aromatic rings. The van der Waals surface area contributed by atoms with E-state index in [1.165, 1.54) is 6.07 Å². The van der Waals surface area contributed by atoms with E-state index in [2.05, 4.69) is 20.9 Å². The first kappa shape index (κ1) is 21.7. The molecular formula is C22H25FN4O2S. The predicted molar refractivity (Wildman–Crippen MR) is 120 cm³/mol. The number of aryl methyl sites for hydroxylation is 1. The number of carbonyl (C=O) groups excluding carboxylic acids is 1. The summed E-state index contributed by atoms with van der Waals surface area (Å²) >= 11 is 1.56. The molecule has 158 valence electrons. The van der Waals surface area contributed by atoms with Crippen LogP contribution in [-0.4, -0.2) is 43.7 Å². The SMILES string of the molecule is CN=C(NCCNC(=O)c1ccc(C)c(F)c1)NCC(O)c1cc2ccccc2s1. The number of aliphatic hydroxyl groups is 1. The van der Waals surface area contributed by atoms with Crippen LogP contribution in [0.25, 0.3) is 10.1 Å². The van der Waals surface area contributed by atoms with E-state index >= 15 is 0 Å². The molecule has 1 unspecified atom stereocenters. The van der Waals surface area contributed by atoms with E-state index in [4.69, 9.17) is 0 Å². The van der Waals surface area contributed by atoms with E-state index in [-0.39, 0.29) is 11.5 Å². The number of aliphatic hydroxyl groups excluding tert-OH is 1. The van der Waals surface area contributed by atoms with Gasteiger partial charge < -0.3 is 21.1 Å². The topological polar surface area (TPSA) is 85.8 Å². The molecule has 0 fully saturated rings. The number of benzene rings is 2. The normalized spacial score (nSPS) is 12.6. The molecule has 8 heteroatoms. The van der Waals surface area contributed by atoms with Gasteiger partial charge in [0.1, 0.15) is 11.9 Å². The number of nitrogens with zero attached hydrogens (tertiary/aromatic N) is 1. The third-order valence-corrected chi connectivity index (χ3v) is 5.81. The number of guanidine groups is 1. The highest BCUT2D eigenvalue weighted by Crippen LogP contribution is 2.29. The summed E-state index contributed by atoms with van der Waals surface area (Å²) in [5.74, 6) is -0.216. The Balaban J connectivity index is 1.42. The molecule has 0 spiro atoms. The maximum Gasteiger partial charge on any atom is 0.251 e. The predicted octanol–water partition coefficient (Wildman–Crippen LogP) is 2.98. The molecule has 0 bridgehead atoms. The van der Waals surface area contributed by atoms with Crippen LogP contribution in [0, 0.1) is 12.7 Å². The van der Waals surface area contributed by atoms with Gasteiger partial charge in [0, 0.05) is 41.8 Å². The van der Waals surface area contributed by atoms with Crippen LogP contribution in [0.5, 0.6) is 0 Å². The van der Waals surface area contributed by atoms with Gasteiger partial charge in [-0.15, -0.1) is 11.3 Å². The summed E-state index contributed by atoms with van der Waals surface area (Å²) in [7, 11) is 1.63. The summed E-state index contributed by atoms with van der Waals surface area (Å²) in [6.45, 7) is 2.73. The van der Waals surface area contributed by atoms with Crippen molar-refractivity contribution in [2.75, 3.05) is 26.7 Å². The van der Waals surface area contributed by atoms with Gasteiger partial charge in [-0.1, -0.05) is 24.3 Å². The van der Waals surface area contributed by atoms with Gasteiger partial charge in [-0.05, 0) is 42.1 Å². The van der Waals surface area contributed by atoms with Crippen molar-refractivity contribution in [1.82, 2.24) is 16.0 Å². The molecule has 6 nitrogen and oxygen atoms in total. The van der Waals surface area contributed by atoms with Crippen molar-refractivity contribution in [3.63, 3.8) is 0 Å². The van der Waals surface area contributed by atoms with Crippen molar-refractivity contribution in [2.45, 2.75) is 13.0 Å². The molecule has 2 aromatic carbocycles. The zero-order valence-electron chi connectivity index (χ0n) is 16.9. The van der Waals surface area contributed by atoms with E-state index < -0.39 is 11.9 Å². The van der Waals surface area contributed by atoms with E-state index in [0.717, 1.165) is 15.0 Å². The first-order valence-corrected chi connectivity index (χ1v) is 10.4. The zero-order chi connectivity index (χ0) is 21.5. The van der Waals surface area contributed by atoms with Gasteiger partial charge in [0.15, 0.2) is 5.96 Å². The molecule has 0 aliphatic rings. The number of thiophene rings is 1. The fraction of sp³-hybridized carbons (Fsp3) is 0.273. The number of rotatable bonds is 7. The molecule has 1 amide bonds. The van der Waals surface area contributed by atoms with Crippen molar-refractivity contribution < 1.29 is 14.3 Å². The van der Waals surface area contributed by atoms with Gasteiger partial charge in [-0.2, -0.15) is 0 Å². The van der Waals surface area contributed by atoms with Gasteiger partial charge in [0.2, 0.25) is 0 Å². The lowest BCUT2D eigenvalue weighted by Gasteiger charge is -2.15. The smallest absolute Gasteiger partial charge is 0.251 e. The van der Waals surface area contributed by atoms with Crippen LogP contribution >= 0.6 is 11.3 Å². The molecule has 0 aliphatic heterocycles. The second-order valence-electron chi connectivity index (χ2n) is 6.80. The van der Waals surface area contributed by atoms with E-state index in [1.807, 2.05) is 30.3 Å². The number of halogens is 1. The fourth-order valence-corrected chi connectivity index (χ4v) is 3.92. The molecule has 1 heterocycles. The number of amides is 1. The number of nitrogens with one attached hydrogen (secondary N) is 3. The number of hydrogen-bond donors (Lipinski definition) is 4. The molecule has 0 radical (unpaired) electrons. The third kappa shape index (κ3) is 5.55. The van der Waals surface area contributed by atoms with Crippen molar-refractivity contribution in [3.05, 3.63) is 70.4 Å². The summed E-state index contributed by atoms with van der Waals surface area (Å²) in [4.78, 5) is 17.1. The minimum atomic E-state index is -0.655. The van der Waals surface area contributed by atoms with Crippen LogP contribution in [0.4, 0.5) is 4.39 Å². The molecule has 0 saturated heterocycles. The third-order valence-electron chi connectivity index (χ3n) is 4.60. The number of aliphatic imine (C=N–C) groups is 1. The van der Waals surface area contributed by atoms with Crippen LogP contribution in [0.3, 0.4) is 0 Å². The maximum atomic E-state index is 13.6. The highest BCUT2D eigenvalue weighted by Gasteiger charge is 2.12. The first-order valence-electron chi connectivity index (χ1n) is 9.63. The van der Waals surface area contributed by atoms with E-state index in [1.54, 1.807) is 37.4 Å². The molecule has 30 heavy (non-hydrogen) atoms. The monoisotopic (exact) mass is 428 g/mol. The zero-order valence-corrected chi connectivity index (χ0v) is 17.7.